The second kappa shape index (κ2) is 12.4. The summed E-state index contributed by atoms with van der Waals surface area (Å²) in [6.45, 7) is -0.0805. The molecule has 2 aliphatic heterocycles. The Kier molecular flexibility index (Phi) is 7.00. The van der Waals surface area contributed by atoms with Gasteiger partial charge in [0.15, 0.2) is 0 Å². The monoisotopic (exact) mass is 780 g/mol. The van der Waals surface area contributed by atoms with Crippen molar-refractivity contribution in [3.8, 4) is 39.3 Å². The summed E-state index contributed by atoms with van der Waals surface area (Å²) in [7, 11) is 0. The van der Waals surface area contributed by atoms with E-state index in [0.717, 1.165) is 11.5 Å². The third-order valence-corrected chi connectivity index (χ3v) is 13.8. The Bertz CT molecular complexity index is 3050. The molecule has 2 aliphatic rings. The number of benzene rings is 7. The van der Waals surface area contributed by atoms with Crippen molar-refractivity contribution < 1.29 is 0 Å². The maximum atomic E-state index is 2.63. The van der Waals surface area contributed by atoms with Crippen molar-refractivity contribution in [2.24, 2.45) is 0 Å². The van der Waals surface area contributed by atoms with Gasteiger partial charge in [0, 0.05) is 0 Å². The van der Waals surface area contributed by atoms with Crippen molar-refractivity contribution in [2.45, 2.75) is 0 Å². The summed E-state index contributed by atoms with van der Waals surface area (Å²) in [4.78, 5) is 2.51. The molecule has 0 saturated heterocycles. The Hall–Kier alpha value is -6.72. The van der Waals surface area contributed by atoms with Crippen LogP contribution in [-0.2, 0) is 0 Å². The van der Waals surface area contributed by atoms with Crippen molar-refractivity contribution >= 4 is 75.5 Å². The van der Waals surface area contributed by atoms with Gasteiger partial charge in [-0.2, -0.15) is 0 Å². The molecule has 0 saturated carbocycles. The molecule has 0 bridgehead atoms. The van der Waals surface area contributed by atoms with Crippen molar-refractivity contribution in [3.05, 3.63) is 200 Å². The van der Waals surface area contributed by atoms with Crippen LogP contribution < -0.4 is 19.4 Å². The molecule has 56 heavy (non-hydrogen) atoms. The standard InChI is InChI=1S/C50H33BN4Se/c1-4-14-34(15-5-1)35-24-26-38(27-25-35)53-46-32-39(52-44-22-12-10-20-40(44)41-21-11-13-23-45(41)52)33-47-50(46)51(54-42(28-30-48(53)54)36-16-6-2-7-17-36)55-43(29-31-49(55)56-47)37-18-8-3-9-19-37/h1-33H. The molecule has 0 atom stereocenters. The van der Waals surface area contributed by atoms with E-state index in [1.165, 1.54) is 81.3 Å². The molecule has 0 amide bonds. The maximum absolute atomic E-state index is 2.63. The fourth-order valence-electron chi connectivity index (χ4n) is 9.10. The minimum atomic E-state index is -0.0805. The molecular formula is C50H33BN4Se. The van der Waals surface area contributed by atoms with Crippen LogP contribution in [-0.4, -0.2) is 35.5 Å². The molecule has 5 heterocycles. The minimum absolute atomic E-state index is 0.0444. The fourth-order valence-corrected chi connectivity index (χ4v) is 11.5. The summed E-state index contributed by atoms with van der Waals surface area (Å²) in [6.07, 6.45) is 0. The number of fused-ring (bicyclic) bond motifs is 7. The van der Waals surface area contributed by atoms with Gasteiger partial charge in [-0.05, 0) is 0 Å². The fraction of sp³-hybridized carbons (Fsp3) is 0. The van der Waals surface area contributed by atoms with Gasteiger partial charge in [0.25, 0.3) is 0 Å². The predicted molar refractivity (Wildman–Crippen MR) is 235 cm³/mol. The number of aromatic nitrogens is 3. The Morgan fingerprint density at radius 2 is 0.946 bits per heavy atom. The van der Waals surface area contributed by atoms with E-state index in [0.29, 0.717) is 0 Å². The molecular weight excluding hydrogens is 746 g/mol. The van der Waals surface area contributed by atoms with E-state index in [4.69, 9.17) is 0 Å². The summed E-state index contributed by atoms with van der Waals surface area (Å²) in [5.74, 6) is 1.15. The molecule has 0 aliphatic carbocycles. The molecule has 0 spiro atoms. The van der Waals surface area contributed by atoms with Crippen molar-refractivity contribution in [1.29, 1.82) is 0 Å². The average Bonchev–Trinajstić information content (AvgIpc) is 3.99. The molecule has 0 fully saturated rings. The first-order valence-corrected chi connectivity index (χ1v) is 20.8. The van der Waals surface area contributed by atoms with Gasteiger partial charge in [0.05, 0.1) is 0 Å². The molecule has 7 aromatic carbocycles. The van der Waals surface area contributed by atoms with Crippen LogP contribution in [0.1, 0.15) is 0 Å². The number of nitrogens with zero attached hydrogens (tertiary/aromatic N) is 4. The molecule has 0 radical (unpaired) electrons. The quantitative estimate of drug-likeness (QED) is 0.159. The van der Waals surface area contributed by atoms with E-state index in [1.54, 1.807) is 0 Å². The third kappa shape index (κ3) is 4.67. The first-order valence-electron chi connectivity index (χ1n) is 19.1. The van der Waals surface area contributed by atoms with Crippen LogP contribution in [0.25, 0.3) is 61.1 Å². The number of hydrogen-bond acceptors (Lipinski definition) is 1. The summed E-state index contributed by atoms with van der Waals surface area (Å²) >= 11 is 0.0444. The second-order valence-electron chi connectivity index (χ2n) is 14.6. The van der Waals surface area contributed by atoms with E-state index >= 15 is 0 Å². The molecule has 0 N–H and O–H groups in total. The summed E-state index contributed by atoms with van der Waals surface area (Å²) < 4.78 is 10.5. The summed E-state index contributed by atoms with van der Waals surface area (Å²) in [5.41, 5.74) is 14.7. The third-order valence-electron chi connectivity index (χ3n) is 11.5. The molecule has 262 valence electrons. The van der Waals surface area contributed by atoms with Gasteiger partial charge < -0.3 is 0 Å². The van der Waals surface area contributed by atoms with Crippen LogP contribution >= 0.6 is 0 Å². The number of rotatable bonds is 5. The first kappa shape index (κ1) is 31.6. The van der Waals surface area contributed by atoms with Gasteiger partial charge in [-0.15, -0.1) is 0 Å². The van der Waals surface area contributed by atoms with E-state index in [1.807, 2.05) is 0 Å². The Morgan fingerprint density at radius 3 is 1.59 bits per heavy atom. The normalized spacial score (nSPS) is 12.9. The molecule has 0 unspecified atom stereocenters. The first-order chi connectivity index (χ1) is 27.8. The number of para-hydroxylation sites is 2. The zero-order chi connectivity index (χ0) is 36.7. The molecule has 10 aromatic rings. The van der Waals surface area contributed by atoms with Crippen molar-refractivity contribution in [2.75, 3.05) is 4.90 Å². The second-order valence-corrected chi connectivity index (χ2v) is 16.8. The van der Waals surface area contributed by atoms with E-state index in [-0.39, 0.29) is 21.9 Å². The SMILES string of the molecule is c1ccc(-c2ccc(N3c4cc(-n5c6ccccc6c6ccccc65)cc5c4B(n4c(ccc4-c4ccccc4)[Se]5)n4c(-c5ccccc5)ccc43)cc2)cc1. The van der Waals surface area contributed by atoms with E-state index in [2.05, 4.69) is 219 Å². The van der Waals surface area contributed by atoms with Gasteiger partial charge >= 0.3 is 333 Å². The van der Waals surface area contributed by atoms with E-state index in [9.17, 15) is 0 Å². The van der Waals surface area contributed by atoms with Gasteiger partial charge in [-0.3, -0.25) is 0 Å². The van der Waals surface area contributed by atoms with Gasteiger partial charge in [-0.1, -0.05) is 0 Å². The Morgan fingerprint density at radius 1 is 0.411 bits per heavy atom. The molecule has 3 aromatic heterocycles. The van der Waals surface area contributed by atoms with Gasteiger partial charge in [-0.25, -0.2) is 0 Å². The average molecular weight is 780 g/mol. The van der Waals surface area contributed by atoms with Crippen LogP contribution in [0.5, 0.6) is 0 Å². The predicted octanol–water partition coefficient (Wildman–Crippen LogP) is 9.93. The van der Waals surface area contributed by atoms with E-state index < -0.39 is 0 Å². The number of hydrogen-bond donors (Lipinski definition) is 0. The zero-order valence-corrected chi connectivity index (χ0v) is 32.0. The zero-order valence-electron chi connectivity index (χ0n) is 30.3. The number of anilines is 3. The summed E-state index contributed by atoms with van der Waals surface area (Å²) in [6, 6.07) is 73.6. The molecule has 4 nitrogen and oxygen atoms in total. The van der Waals surface area contributed by atoms with Gasteiger partial charge in [0.2, 0.25) is 0 Å². The molecule has 12 rings (SSSR count). The topological polar surface area (TPSA) is 18.0 Å². The van der Waals surface area contributed by atoms with Crippen molar-refractivity contribution in [3.63, 3.8) is 0 Å². The van der Waals surface area contributed by atoms with Crippen molar-refractivity contribution in [1.82, 2.24) is 13.5 Å². The summed E-state index contributed by atoms with van der Waals surface area (Å²) in [5, 5.41) is 2.54. The van der Waals surface area contributed by atoms with Gasteiger partial charge in [0.1, 0.15) is 0 Å². The van der Waals surface area contributed by atoms with Crippen LogP contribution in [0.2, 0.25) is 0 Å². The van der Waals surface area contributed by atoms with Crippen LogP contribution in [0, 0.1) is 0 Å². The van der Waals surface area contributed by atoms with Crippen LogP contribution in [0.4, 0.5) is 17.2 Å². The van der Waals surface area contributed by atoms with Crippen LogP contribution in [0.3, 0.4) is 0 Å². The Balaban J connectivity index is 1.17. The molecule has 6 heteroatoms. The van der Waals surface area contributed by atoms with Crippen LogP contribution in [0.15, 0.2) is 200 Å². The Labute approximate surface area is 331 Å².